The lowest BCUT2D eigenvalue weighted by atomic mass is 9.82. The molecule has 35 heavy (non-hydrogen) atoms. The van der Waals surface area contributed by atoms with Crippen LogP contribution in [0, 0.1) is 11.8 Å². The van der Waals surface area contributed by atoms with Crippen molar-refractivity contribution in [1.29, 1.82) is 0 Å². The molecule has 4 rings (SSSR count). The third-order valence-electron chi connectivity index (χ3n) is 6.96. The van der Waals surface area contributed by atoms with E-state index in [4.69, 9.17) is 14.7 Å². The van der Waals surface area contributed by atoms with Gasteiger partial charge in [-0.3, -0.25) is 0 Å². The summed E-state index contributed by atoms with van der Waals surface area (Å²) in [5.41, 5.74) is 2.24. The van der Waals surface area contributed by atoms with Gasteiger partial charge in [-0.1, -0.05) is 42.5 Å². The third-order valence-corrected chi connectivity index (χ3v) is 6.96. The van der Waals surface area contributed by atoms with Gasteiger partial charge in [0, 0.05) is 32.6 Å². The number of nitrogens with one attached hydrogen (secondary N) is 2. The number of unbranched alkanes of at least 4 members (excludes halogenated alkanes) is 1. The van der Waals surface area contributed by atoms with E-state index in [-0.39, 0.29) is 0 Å². The van der Waals surface area contributed by atoms with Crippen LogP contribution in [-0.2, 0) is 11.3 Å². The predicted molar refractivity (Wildman–Crippen MR) is 146 cm³/mol. The van der Waals surface area contributed by atoms with E-state index in [0.717, 1.165) is 67.9 Å². The molecule has 2 aromatic carbocycles. The SMILES string of the molecule is CN(C)c1nc(NCC2CCC(CNCCCCOCc3ccccc3)CC2)nc2ccccc12. The Hall–Kier alpha value is -2.70. The molecule has 3 aromatic rings. The molecule has 1 fully saturated rings. The number of nitrogens with zero attached hydrogens (tertiary/aromatic N) is 3. The van der Waals surface area contributed by atoms with Crippen molar-refractivity contribution in [2.75, 3.05) is 50.6 Å². The largest absolute Gasteiger partial charge is 0.377 e. The van der Waals surface area contributed by atoms with Crippen molar-refractivity contribution in [2.45, 2.75) is 45.1 Å². The number of benzene rings is 2. The summed E-state index contributed by atoms with van der Waals surface area (Å²) in [5.74, 6) is 3.21. The zero-order valence-electron chi connectivity index (χ0n) is 21.4. The number of para-hydroxylation sites is 1. The molecule has 1 saturated carbocycles. The molecule has 6 nitrogen and oxygen atoms in total. The second-order valence-corrected chi connectivity index (χ2v) is 10.00. The summed E-state index contributed by atoms with van der Waals surface area (Å²) >= 11 is 0. The van der Waals surface area contributed by atoms with E-state index < -0.39 is 0 Å². The number of aromatic nitrogens is 2. The maximum atomic E-state index is 5.78. The van der Waals surface area contributed by atoms with Gasteiger partial charge in [-0.2, -0.15) is 4.98 Å². The highest BCUT2D eigenvalue weighted by Crippen LogP contribution is 2.29. The van der Waals surface area contributed by atoms with Crippen molar-refractivity contribution < 1.29 is 4.74 Å². The number of rotatable bonds is 13. The minimum atomic E-state index is 0.700. The molecule has 0 radical (unpaired) electrons. The Labute approximate surface area is 210 Å². The zero-order chi connectivity index (χ0) is 24.3. The van der Waals surface area contributed by atoms with Crippen molar-refractivity contribution in [1.82, 2.24) is 15.3 Å². The number of fused-ring (bicyclic) bond motifs is 1. The molecule has 0 saturated heterocycles. The molecule has 0 aliphatic heterocycles. The molecule has 6 heteroatoms. The lowest BCUT2D eigenvalue weighted by Crippen LogP contribution is -2.29. The number of hydrogen-bond donors (Lipinski definition) is 2. The van der Waals surface area contributed by atoms with Gasteiger partial charge in [-0.05, 0) is 81.1 Å². The molecule has 0 amide bonds. The lowest BCUT2D eigenvalue weighted by molar-refractivity contribution is 0.117. The number of ether oxygens (including phenoxy) is 1. The van der Waals surface area contributed by atoms with E-state index in [1.807, 2.05) is 32.3 Å². The van der Waals surface area contributed by atoms with Crippen LogP contribution in [0.5, 0.6) is 0 Å². The van der Waals surface area contributed by atoms with Crippen LogP contribution in [0.15, 0.2) is 54.6 Å². The highest BCUT2D eigenvalue weighted by molar-refractivity contribution is 5.90. The molecular formula is C29H41N5O. The van der Waals surface area contributed by atoms with Crippen LogP contribution in [0.4, 0.5) is 11.8 Å². The first kappa shape index (κ1) is 25.4. The summed E-state index contributed by atoms with van der Waals surface area (Å²) in [4.78, 5) is 11.6. The molecule has 188 valence electrons. The summed E-state index contributed by atoms with van der Waals surface area (Å²) in [6.07, 6.45) is 7.46. The normalized spacial score (nSPS) is 18.0. The quantitative estimate of drug-likeness (QED) is 0.318. The smallest absolute Gasteiger partial charge is 0.225 e. The van der Waals surface area contributed by atoms with Crippen molar-refractivity contribution in [3.05, 3.63) is 60.2 Å². The maximum Gasteiger partial charge on any atom is 0.225 e. The van der Waals surface area contributed by atoms with Crippen molar-refractivity contribution >= 4 is 22.7 Å². The van der Waals surface area contributed by atoms with E-state index in [2.05, 4.69) is 51.9 Å². The zero-order valence-corrected chi connectivity index (χ0v) is 21.4. The van der Waals surface area contributed by atoms with Gasteiger partial charge in [-0.15, -0.1) is 0 Å². The van der Waals surface area contributed by atoms with Gasteiger partial charge in [-0.25, -0.2) is 4.98 Å². The van der Waals surface area contributed by atoms with Crippen LogP contribution in [0.2, 0.25) is 0 Å². The molecule has 2 N–H and O–H groups in total. The Morgan fingerprint density at radius 3 is 2.34 bits per heavy atom. The molecule has 1 aliphatic carbocycles. The highest BCUT2D eigenvalue weighted by Gasteiger charge is 2.21. The van der Waals surface area contributed by atoms with Crippen LogP contribution in [0.25, 0.3) is 10.9 Å². The van der Waals surface area contributed by atoms with Gasteiger partial charge in [0.25, 0.3) is 0 Å². The van der Waals surface area contributed by atoms with Crippen LogP contribution in [0.1, 0.15) is 44.1 Å². The van der Waals surface area contributed by atoms with Gasteiger partial charge in [0.1, 0.15) is 5.82 Å². The molecule has 1 aromatic heterocycles. The molecule has 0 spiro atoms. The average molecular weight is 476 g/mol. The molecule has 0 bridgehead atoms. The predicted octanol–water partition coefficient (Wildman–Crippen LogP) is 5.50. The van der Waals surface area contributed by atoms with Gasteiger partial charge in [0.15, 0.2) is 0 Å². The topological polar surface area (TPSA) is 62.3 Å². The Balaban J connectivity index is 1.08. The minimum absolute atomic E-state index is 0.700. The van der Waals surface area contributed by atoms with Crippen LogP contribution < -0.4 is 15.5 Å². The first-order chi connectivity index (χ1) is 17.2. The third kappa shape index (κ3) is 7.91. The van der Waals surface area contributed by atoms with Crippen molar-refractivity contribution in [2.24, 2.45) is 11.8 Å². The molecule has 1 aliphatic rings. The molecular weight excluding hydrogens is 434 g/mol. The standard InChI is InChI=1S/C29H41N5O/c1-34(2)28-26-12-6-7-13-27(26)32-29(33-28)31-21-24-16-14-23(15-17-24)20-30-18-8-9-19-35-22-25-10-4-3-5-11-25/h3-7,10-13,23-24,30H,8-9,14-22H2,1-2H3,(H,31,32,33). The van der Waals surface area contributed by atoms with Gasteiger partial charge in [0.2, 0.25) is 5.95 Å². The average Bonchev–Trinajstić information content (AvgIpc) is 2.89. The highest BCUT2D eigenvalue weighted by atomic mass is 16.5. The number of anilines is 2. The van der Waals surface area contributed by atoms with E-state index in [1.54, 1.807) is 0 Å². The van der Waals surface area contributed by atoms with E-state index >= 15 is 0 Å². The summed E-state index contributed by atoms with van der Waals surface area (Å²) in [6.45, 7) is 4.74. The van der Waals surface area contributed by atoms with Gasteiger partial charge in [0.05, 0.1) is 12.1 Å². The minimum Gasteiger partial charge on any atom is -0.377 e. The first-order valence-electron chi connectivity index (χ1n) is 13.2. The summed E-state index contributed by atoms with van der Waals surface area (Å²) in [7, 11) is 4.07. The molecule has 0 unspecified atom stereocenters. The summed E-state index contributed by atoms with van der Waals surface area (Å²) in [6, 6.07) is 18.6. The molecule has 1 heterocycles. The van der Waals surface area contributed by atoms with Crippen LogP contribution in [-0.4, -0.2) is 50.3 Å². The second-order valence-electron chi connectivity index (χ2n) is 10.00. The fraction of sp³-hybridized carbons (Fsp3) is 0.517. The fourth-order valence-corrected chi connectivity index (χ4v) is 4.88. The Bertz CT molecular complexity index is 1020. The fourth-order valence-electron chi connectivity index (χ4n) is 4.88. The lowest BCUT2D eigenvalue weighted by Gasteiger charge is -2.29. The van der Waals surface area contributed by atoms with Gasteiger partial charge < -0.3 is 20.3 Å². The number of hydrogen-bond acceptors (Lipinski definition) is 6. The first-order valence-corrected chi connectivity index (χ1v) is 13.2. The van der Waals surface area contributed by atoms with E-state index in [1.165, 1.54) is 37.7 Å². The van der Waals surface area contributed by atoms with E-state index in [9.17, 15) is 0 Å². The van der Waals surface area contributed by atoms with Crippen molar-refractivity contribution in [3.8, 4) is 0 Å². The van der Waals surface area contributed by atoms with Gasteiger partial charge >= 0.3 is 0 Å². The summed E-state index contributed by atoms with van der Waals surface area (Å²) in [5, 5.41) is 8.29. The Morgan fingerprint density at radius 2 is 1.57 bits per heavy atom. The second kappa shape index (κ2) is 13.4. The van der Waals surface area contributed by atoms with E-state index in [0.29, 0.717) is 5.92 Å². The Morgan fingerprint density at radius 1 is 0.857 bits per heavy atom. The molecule has 0 atom stereocenters. The summed E-state index contributed by atoms with van der Waals surface area (Å²) < 4.78 is 5.78. The van der Waals surface area contributed by atoms with Crippen LogP contribution >= 0.6 is 0 Å². The Kier molecular flexibility index (Phi) is 9.73. The monoisotopic (exact) mass is 475 g/mol. The van der Waals surface area contributed by atoms with Crippen molar-refractivity contribution in [3.63, 3.8) is 0 Å². The van der Waals surface area contributed by atoms with Crippen LogP contribution in [0.3, 0.4) is 0 Å². The maximum absolute atomic E-state index is 5.78.